The molecule has 1 aromatic rings. The van der Waals surface area contributed by atoms with Crippen LogP contribution in [0.1, 0.15) is 31.4 Å². The highest BCUT2D eigenvalue weighted by Gasteiger charge is 2.11. The lowest BCUT2D eigenvalue weighted by molar-refractivity contribution is 0.285. The van der Waals surface area contributed by atoms with Crippen LogP contribution < -0.4 is 5.32 Å². The van der Waals surface area contributed by atoms with E-state index in [0.29, 0.717) is 0 Å². The fourth-order valence-electron chi connectivity index (χ4n) is 2.55. The zero-order valence-electron chi connectivity index (χ0n) is 12.3. The third-order valence-corrected chi connectivity index (χ3v) is 3.85. The number of likely N-dealkylation sites (N-methyl/N-ethyl adjacent to an activating group) is 1. The van der Waals surface area contributed by atoms with Gasteiger partial charge in [0, 0.05) is 19.6 Å². The van der Waals surface area contributed by atoms with Crippen LogP contribution in [0.25, 0.3) is 0 Å². The second kappa shape index (κ2) is 7.46. The Balaban J connectivity index is 1.95. The number of benzene rings is 1. The number of nitrogens with one attached hydrogen (secondary N) is 1. The van der Waals surface area contributed by atoms with E-state index in [9.17, 15) is 0 Å². The van der Waals surface area contributed by atoms with Crippen molar-refractivity contribution >= 4 is 0 Å². The maximum absolute atomic E-state index is 3.41. The Labute approximate surface area is 117 Å². The molecule has 0 unspecified atom stereocenters. The lowest BCUT2D eigenvalue weighted by atomic mass is 10.0. The fraction of sp³-hybridized carbons (Fsp3) is 0.529. The molecule has 2 nitrogen and oxygen atoms in total. The van der Waals surface area contributed by atoms with Crippen LogP contribution in [-0.2, 0) is 13.0 Å². The van der Waals surface area contributed by atoms with Crippen molar-refractivity contribution in [3.8, 4) is 0 Å². The van der Waals surface area contributed by atoms with Gasteiger partial charge in [0.05, 0.1) is 0 Å². The minimum absolute atomic E-state index is 1.05. The minimum atomic E-state index is 1.05. The predicted molar refractivity (Wildman–Crippen MR) is 82.3 cm³/mol. The summed E-state index contributed by atoms with van der Waals surface area (Å²) in [6, 6.07) is 8.88. The molecule has 0 spiro atoms. The average molecular weight is 258 g/mol. The number of hydrogen-bond acceptors (Lipinski definition) is 2. The van der Waals surface area contributed by atoms with E-state index < -0.39 is 0 Å². The molecule has 1 aromatic carbocycles. The first-order chi connectivity index (χ1) is 9.29. The van der Waals surface area contributed by atoms with Gasteiger partial charge in [-0.05, 0) is 44.0 Å². The monoisotopic (exact) mass is 258 g/mol. The molecule has 2 rings (SSSR count). The number of hydrogen-bond donors (Lipinski definition) is 1. The van der Waals surface area contributed by atoms with E-state index in [0.717, 1.165) is 32.6 Å². The van der Waals surface area contributed by atoms with Crippen LogP contribution in [0.15, 0.2) is 35.9 Å². The maximum atomic E-state index is 3.41. The van der Waals surface area contributed by atoms with Crippen LogP contribution in [-0.4, -0.2) is 31.1 Å². The molecule has 1 N–H and O–H groups in total. The van der Waals surface area contributed by atoms with E-state index in [-0.39, 0.29) is 0 Å². The Kier molecular flexibility index (Phi) is 5.62. The van der Waals surface area contributed by atoms with Crippen LogP contribution in [0.5, 0.6) is 0 Å². The van der Waals surface area contributed by atoms with Gasteiger partial charge in [0.25, 0.3) is 0 Å². The summed E-state index contributed by atoms with van der Waals surface area (Å²) in [5.74, 6) is 0. The van der Waals surface area contributed by atoms with E-state index >= 15 is 0 Å². The molecule has 2 heteroatoms. The molecule has 0 fully saturated rings. The first-order valence-corrected chi connectivity index (χ1v) is 7.45. The standard InChI is InChI=1S/C17H26N2/c1-3-18-11-8-16-6-4-5-7-17(16)14-19-12-9-15(2)10-13-19/h4-7,9,18H,3,8,10-14H2,1-2H3. The number of rotatable bonds is 6. The summed E-state index contributed by atoms with van der Waals surface area (Å²) in [5, 5.41) is 3.41. The average Bonchev–Trinajstić information content (AvgIpc) is 2.43. The highest BCUT2D eigenvalue weighted by Crippen LogP contribution is 2.16. The molecule has 0 saturated carbocycles. The van der Waals surface area contributed by atoms with Gasteiger partial charge in [-0.1, -0.05) is 42.8 Å². The molecule has 0 aromatic heterocycles. The minimum Gasteiger partial charge on any atom is -0.317 e. The summed E-state index contributed by atoms with van der Waals surface area (Å²) >= 11 is 0. The third kappa shape index (κ3) is 4.48. The molecule has 0 radical (unpaired) electrons. The van der Waals surface area contributed by atoms with Gasteiger partial charge in [-0.25, -0.2) is 0 Å². The molecule has 0 atom stereocenters. The quantitative estimate of drug-likeness (QED) is 0.623. The highest BCUT2D eigenvalue weighted by atomic mass is 15.1. The van der Waals surface area contributed by atoms with Gasteiger partial charge in [-0.15, -0.1) is 0 Å². The summed E-state index contributed by atoms with van der Waals surface area (Å²) in [6.45, 7) is 9.92. The van der Waals surface area contributed by atoms with Crippen molar-refractivity contribution in [2.75, 3.05) is 26.2 Å². The zero-order chi connectivity index (χ0) is 13.5. The molecule has 0 aliphatic carbocycles. The van der Waals surface area contributed by atoms with Crippen molar-refractivity contribution in [1.82, 2.24) is 10.2 Å². The first kappa shape index (κ1) is 14.3. The van der Waals surface area contributed by atoms with Crippen molar-refractivity contribution in [2.45, 2.75) is 33.2 Å². The van der Waals surface area contributed by atoms with Gasteiger partial charge in [-0.3, -0.25) is 4.90 Å². The molecule has 0 saturated heterocycles. The van der Waals surface area contributed by atoms with E-state index in [2.05, 4.69) is 54.4 Å². The molecule has 1 heterocycles. The smallest absolute Gasteiger partial charge is 0.0239 e. The number of nitrogens with zero attached hydrogens (tertiary/aromatic N) is 1. The molecule has 0 bridgehead atoms. The Morgan fingerprint density at radius 1 is 1.21 bits per heavy atom. The zero-order valence-corrected chi connectivity index (χ0v) is 12.3. The lowest BCUT2D eigenvalue weighted by Crippen LogP contribution is -2.28. The van der Waals surface area contributed by atoms with Gasteiger partial charge in [0.15, 0.2) is 0 Å². The molecule has 19 heavy (non-hydrogen) atoms. The Morgan fingerprint density at radius 2 is 2.00 bits per heavy atom. The van der Waals surface area contributed by atoms with Crippen molar-refractivity contribution in [3.63, 3.8) is 0 Å². The maximum Gasteiger partial charge on any atom is 0.0239 e. The van der Waals surface area contributed by atoms with E-state index in [1.165, 1.54) is 29.7 Å². The molecule has 1 aliphatic heterocycles. The van der Waals surface area contributed by atoms with Crippen molar-refractivity contribution in [1.29, 1.82) is 0 Å². The molecular formula is C17H26N2. The molecular weight excluding hydrogens is 232 g/mol. The predicted octanol–water partition coefficient (Wildman–Crippen LogP) is 2.99. The Morgan fingerprint density at radius 3 is 2.68 bits per heavy atom. The van der Waals surface area contributed by atoms with Crippen molar-refractivity contribution in [2.24, 2.45) is 0 Å². The summed E-state index contributed by atoms with van der Waals surface area (Å²) in [7, 11) is 0. The Bertz CT molecular complexity index is 423. The van der Waals surface area contributed by atoms with Gasteiger partial charge in [0.1, 0.15) is 0 Å². The summed E-state index contributed by atoms with van der Waals surface area (Å²) in [5.41, 5.74) is 4.53. The van der Waals surface area contributed by atoms with E-state index in [1.54, 1.807) is 0 Å². The van der Waals surface area contributed by atoms with Crippen LogP contribution >= 0.6 is 0 Å². The Hall–Kier alpha value is -1.12. The van der Waals surface area contributed by atoms with Gasteiger partial charge in [-0.2, -0.15) is 0 Å². The summed E-state index contributed by atoms with van der Waals surface area (Å²) in [6.07, 6.45) is 4.72. The largest absolute Gasteiger partial charge is 0.317 e. The SMILES string of the molecule is CCNCCc1ccccc1CN1CC=C(C)CC1. The van der Waals surface area contributed by atoms with Crippen molar-refractivity contribution in [3.05, 3.63) is 47.0 Å². The lowest BCUT2D eigenvalue weighted by Gasteiger charge is -2.26. The van der Waals surface area contributed by atoms with Crippen LogP contribution in [0.2, 0.25) is 0 Å². The molecule has 104 valence electrons. The summed E-state index contributed by atoms with van der Waals surface area (Å²) in [4.78, 5) is 2.54. The van der Waals surface area contributed by atoms with E-state index in [1.807, 2.05) is 0 Å². The molecule has 0 amide bonds. The van der Waals surface area contributed by atoms with E-state index in [4.69, 9.17) is 0 Å². The van der Waals surface area contributed by atoms with Gasteiger partial charge < -0.3 is 5.32 Å². The van der Waals surface area contributed by atoms with Crippen LogP contribution in [0.3, 0.4) is 0 Å². The van der Waals surface area contributed by atoms with Crippen molar-refractivity contribution < 1.29 is 0 Å². The van der Waals surface area contributed by atoms with Crippen LogP contribution in [0, 0.1) is 0 Å². The van der Waals surface area contributed by atoms with Gasteiger partial charge >= 0.3 is 0 Å². The van der Waals surface area contributed by atoms with Crippen LogP contribution in [0.4, 0.5) is 0 Å². The van der Waals surface area contributed by atoms with Gasteiger partial charge in [0.2, 0.25) is 0 Å². The summed E-state index contributed by atoms with van der Waals surface area (Å²) < 4.78 is 0. The normalized spacial score (nSPS) is 16.4. The molecule has 1 aliphatic rings. The second-order valence-corrected chi connectivity index (χ2v) is 5.41. The second-order valence-electron chi connectivity index (χ2n) is 5.41. The first-order valence-electron chi connectivity index (χ1n) is 7.45. The fourth-order valence-corrected chi connectivity index (χ4v) is 2.55. The third-order valence-electron chi connectivity index (χ3n) is 3.85. The highest BCUT2D eigenvalue weighted by molar-refractivity contribution is 5.27. The topological polar surface area (TPSA) is 15.3 Å².